The van der Waals surface area contributed by atoms with E-state index in [0.29, 0.717) is 0 Å². The molecule has 0 aromatic carbocycles. The fourth-order valence-corrected chi connectivity index (χ4v) is 1.25. The first kappa shape index (κ1) is 9.46. The van der Waals surface area contributed by atoms with Crippen molar-refractivity contribution in [2.45, 2.75) is 25.8 Å². The van der Waals surface area contributed by atoms with Gasteiger partial charge in [0.1, 0.15) is 5.75 Å². The number of rotatable bonds is 4. The summed E-state index contributed by atoms with van der Waals surface area (Å²) >= 11 is 0. The van der Waals surface area contributed by atoms with E-state index in [2.05, 4.69) is 4.98 Å². The van der Waals surface area contributed by atoms with Gasteiger partial charge in [0.05, 0.1) is 18.5 Å². The molecular formula is C11H16N2O. The van der Waals surface area contributed by atoms with Crippen LogP contribution in [0.4, 0.5) is 0 Å². The third-order valence-corrected chi connectivity index (χ3v) is 2.41. The molecule has 1 saturated carbocycles. The van der Waals surface area contributed by atoms with Gasteiger partial charge in [-0.2, -0.15) is 0 Å². The van der Waals surface area contributed by atoms with E-state index in [1.807, 2.05) is 19.1 Å². The lowest BCUT2D eigenvalue weighted by atomic mass is 10.2. The number of hydrogen-bond acceptors (Lipinski definition) is 3. The summed E-state index contributed by atoms with van der Waals surface area (Å²) in [5.74, 6) is 1.63. The Kier molecular flexibility index (Phi) is 2.68. The minimum Gasteiger partial charge on any atom is -0.492 e. The van der Waals surface area contributed by atoms with E-state index in [4.69, 9.17) is 10.5 Å². The standard InChI is InChI=1S/C11H16N2O/c1-8(12)11-5-4-10(6-13-11)14-7-9-2-3-9/h4-6,8-9H,2-3,7,12H2,1H3/t8-/m0/s1. The van der Waals surface area contributed by atoms with Crippen LogP contribution in [0.5, 0.6) is 5.75 Å². The SMILES string of the molecule is C[C@H](N)c1ccc(OCC2CC2)cn1. The van der Waals surface area contributed by atoms with Crippen LogP contribution in [-0.2, 0) is 0 Å². The van der Waals surface area contributed by atoms with Crippen molar-refractivity contribution < 1.29 is 4.74 Å². The molecule has 1 heterocycles. The third kappa shape index (κ3) is 2.45. The average molecular weight is 192 g/mol. The third-order valence-electron chi connectivity index (χ3n) is 2.41. The van der Waals surface area contributed by atoms with Gasteiger partial charge in [-0.25, -0.2) is 0 Å². The molecule has 1 atom stereocenters. The molecule has 1 aliphatic rings. The maximum atomic E-state index is 5.69. The molecule has 0 unspecified atom stereocenters. The van der Waals surface area contributed by atoms with Crippen LogP contribution in [0.1, 0.15) is 31.5 Å². The van der Waals surface area contributed by atoms with Gasteiger partial charge < -0.3 is 10.5 Å². The van der Waals surface area contributed by atoms with Gasteiger partial charge in [0.25, 0.3) is 0 Å². The fraction of sp³-hybridized carbons (Fsp3) is 0.545. The van der Waals surface area contributed by atoms with Gasteiger partial charge in [-0.15, -0.1) is 0 Å². The van der Waals surface area contributed by atoms with Crippen LogP contribution in [0.3, 0.4) is 0 Å². The molecule has 2 rings (SSSR count). The van der Waals surface area contributed by atoms with Crippen LogP contribution >= 0.6 is 0 Å². The summed E-state index contributed by atoms with van der Waals surface area (Å²) < 4.78 is 5.56. The molecule has 0 bridgehead atoms. The highest BCUT2D eigenvalue weighted by Gasteiger charge is 2.21. The number of hydrogen-bond donors (Lipinski definition) is 1. The Labute approximate surface area is 84.3 Å². The van der Waals surface area contributed by atoms with Gasteiger partial charge in [0, 0.05) is 6.04 Å². The molecule has 0 spiro atoms. The van der Waals surface area contributed by atoms with E-state index < -0.39 is 0 Å². The zero-order valence-electron chi connectivity index (χ0n) is 8.44. The van der Waals surface area contributed by atoms with E-state index >= 15 is 0 Å². The molecule has 1 aliphatic carbocycles. The van der Waals surface area contributed by atoms with Crippen LogP contribution in [0.15, 0.2) is 18.3 Å². The molecule has 76 valence electrons. The lowest BCUT2D eigenvalue weighted by molar-refractivity contribution is 0.298. The van der Waals surface area contributed by atoms with Crippen molar-refractivity contribution in [1.82, 2.24) is 4.98 Å². The second-order valence-corrected chi connectivity index (χ2v) is 3.96. The van der Waals surface area contributed by atoms with Crippen molar-refractivity contribution in [3.05, 3.63) is 24.0 Å². The van der Waals surface area contributed by atoms with E-state index in [-0.39, 0.29) is 6.04 Å². The zero-order chi connectivity index (χ0) is 9.97. The summed E-state index contributed by atoms with van der Waals surface area (Å²) in [4.78, 5) is 4.23. The molecule has 0 aliphatic heterocycles. The largest absolute Gasteiger partial charge is 0.492 e. The van der Waals surface area contributed by atoms with E-state index in [0.717, 1.165) is 24.0 Å². The second-order valence-electron chi connectivity index (χ2n) is 3.96. The molecule has 3 nitrogen and oxygen atoms in total. The van der Waals surface area contributed by atoms with E-state index in [9.17, 15) is 0 Å². The molecule has 1 aromatic rings. The summed E-state index contributed by atoms with van der Waals surface area (Å²) in [5, 5.41) is 0. The second kappa shape index (κ2) is 3.96. The zero-order valence-corrected chi connectivity index (χ0v) is 8.44. The lowest BCUT2D eigenvalue weighted by Crippen LogP contribution is -2.07. The summed E-state index contributed by atoms with van der Waals surface area (Å²) in [6.45, 7) is 2.76. The molecule has 1 aromatic heterocycles. The first-order valence-electron chi connectivity index (χ1n) is 5.10. The van der Waals surface area contributed by atoms with E-state index in [1.165, 1.54) is 12.8 Å². The fourth-order valence-electron chi connectivity index (χ4n) is 1.25. The van der Waals surface area contributed by atoms with E-state index in [1.54, 1.807) is 6.20 Å². The Morgan fingerprint density at radius 3 is 2.86 bits per heavy atom. The van der Waals surface area contributed by atoms with Crippen LogP contribution in [-0.4, -0.2) is 11.6 Å². The van der Waals surface area contributed by atoms with Crippen molar-refractivity contribution in [1.29, 1.82) is 0 Å². The van der Waals surface area contributed by atoms with Crippen LogP contribution in [0.25, 0.3) is 0 Å². The summed E-state index contributed by atoms with van der Waals surface area (Å²) in [6.07, 6.45) is 4.37. The van der Waals surface area contributed by atoms with Gasteiger partial charge >= 0.3 is 0 Å². The van der Waals surface area contributed by atoms with Gasteiger partial charge in [-0.1, -0.05) is 0 Å². The first-order chi connectivity index (χ1) is 6.75. The Hall–Kier alpha value is -1.09. The normalized spacial score (nSPS) is 17.9. The Bertz CT molecular complexity index is 291. The first-order valence-corrected chi connectivity index (χ1v) is 5.10. The predicted molar refractivity (Wildman–Crippen MR) is 55.1 cm³/mol. The van der Waals surface area contributed by atoms with Gasteiger partial charge in [0.15, 0.2) is 0 Å². The van der Waals surface area contributed by atoms with Crippen molar-refractivity contribution in [3.63, 3.8) is 0 Å². The monoisotopic (exact) mass is 192 g/mol. The van der Waals surface area contributed by atoms with Crippen LogP contribution < -0.4 is 10.5 Å². The van der Waals surface area contributed by atoms with Crippen LogP contribution in [0.2, 0.25) is 0 Å². The van der Waals surface area contributed by atoms with Gasteiger partial charge in [0.2, 0.25) is 0 Å². The van der Waals surface area contributed by atoms with Gasteiger partial charge in [-0.05, 0) is 37.8 Å². The van der Waals surface area contributed by atoms with Crippen molar-refractivity contribution >= 4 is 0 Å². The number of nitrogens with zero attached hydrogens (tertiary/aromatic N) is 1. The molecule has 1 fully saturated rings. The van der Waals surface area contributed by atoms with Crippen molar-refractivity contribution in [3.8, 4) is 5.75 Å². The topological polar surface area (TPSA) is 48.1 Å². The molecule has 0 amide bonds. The Balaban J connectivity index is 1.91. The highest BCUT2D eigenvalue weighted by molar-refractivity contribution is 5.21. The van der Waals surface area contributed by atoms with Crippen molar-refractivity contribution in [2.24, 2.45) is 11.7 Å². The average Bonchev–Trinajstić information content (AvgIpc) is 2.99. The number of nitrogens with two attached hydrogens (primary N) is 1. The number of aromatic nitrogens is 1. The molecule has 14 heavy (non-hydrogen) atoms. The number of ether oxygens (including phenoxy) is 1. The molecule has 0 radical (unpaired) electrons. The van der Waals surface area contributed by atoms with Crippen LogP contribution in [0, 0.1) is 5.92 Å². The summed E-state index contributed by atoms with van der Waals surface area (Å²) in [5.41, 5.74) is 6.60. The predicted octanol–water partition coefficient (Wildman–Crippen LogP) is 1.89. The van der Waals surface area contributed by atoms with Crippen molar-refractivity contribution in [2.75, 3.05) is 6.61 Å². The molecule has 2 N–H and O–H groups in total. The minimum atomic E-state index is -0.00696. The Morgan fingerprint density at radius 1 is 1.57 bits per heavy atom. The highest BCUT2D eigenvalue weighted by Crippen LogP contribution is 2.29. The molecular weight excluding hydrogens is 176 g/mol. The molecule has 3 heteroatoms. The minimum absolute atomic E-state index is 0.00696. The van der Waals surface area contributed by atoms with Gasteiger partial charge in [-0.3, -0.25) is 4.98 Å². The number of pyridine rings is 1. The Morgan fingerprint density at radius 2 is 2.36 bits per heavy atom. The summed E-state index contributed by atoms with van der Waals surface area (Å²) in [7, 11) is 0. The maximum absolute atomic E-state index is 5.69. The summed E-state index contributed by atoms with van der Waals surface area (Å²) in [6, 6.07) is 3.86. The quantitative estimate of drug-likeness (QED) is 0.792. The lowest BCUT2D eigenvalue weighted by Gasteiger charge is -2.07. The highest BCUT2D eigenvalue weighted by atomic mass is 16.5. The smallest absolute Gasteiger partial charge is 0.137 e. The maximum Gasteiger partial charge on any atom is 0.137 e. The molecule has 0 saturated heterocycles.